The Hall–Kier alpha value is -0.320. The number of aromatic amines is 1. The highest BCUT2D eigenvalue weighted by atomic mass is 35.5. The number of hydrogen-bond acceptors (Lipinski definition) is 3. The highest BCUT2D eigenvalue weighted by Crippen LogP contribution is 1.96. The second-order valence-electron chi connectivity index (χ2n) is 1.66. The van der Waals surface area contributed by atoms with E-state index < -0.39 is 0 Å². The summed E-state index contributed by atoms with van der Waals surface area (Å²) in [5.74, 6) is 0.727. The molecule has 1 aromatic rings. The predicted molar refractivity (Wildman–Crippen MR) is 43.5 cm³/mol. The maximum absolute atomic E-state index is 5.42. The first kappa shape index (κ1) is 12.4. The van der Waals surface area contributed by atoms with Crippen molar-refractivity contribution in [3.63, 3.8) is 0 Å². The standard InChI is InChI=1S/C4H8N4.2ClH/c1-3(5)4-6-2-7-8-4;;/h2-3H,5H2,1H3,(H,6,7,8);2*1H. The Morgan fingerprint density at radius 2 is 2.20 bits per heavy atom. The number of hydrogen-bond donors (Lipinski definition) is 2. The van der Waals surface area contributed by atoms with E-state index in [9.17, 15) is 0 Å². The van der Waals surface area contributed by atoms with Crippen molar-refractivity contribution < 1.29 is 0 Å². The molecule has 1 unspecified atom stereocenters. The molecule has 0 radical (unpaired) electrons. The van der Waals surface area contributed by atoms with Gasteiger partial charge < -0.3 is 5.73 Å². The first-order chi connectivity index (χ1) is 3.80. The topological polar surface area (TPSA) is 67.6 Å². The van der Waals surface area contributed by atoms with Gasteiger partial charge in [0.2, 0.25) is 0 Å². The molecule has 0 saturated carbocycles. The van der Waals surface area contributed by atoms with Crippen LogP contribution in [-0.4, -0.2) is 15.2 Å². The molecule has 1 atom stereocenters. The van der Waals surface area contributed by atoms with Gasteiger partial charge in [-0.25, -0.2) is 4.98 Å². The Balaban J connectivity index is 0. The van der Waals surface area contributed by atoms with E-state index in [0.717, 1.165) is 5.82 Å². The van der Waals surface area contributed by atoms with E-state index in [-0.39, 0.29) is 30.9 Å². The monoisotopic (exact) mass is 184 g/mol. The van der Waals surface area contributed by atoms with Gasteiger partial charge in [0.25, 0.3) is 0 Å². The van der Waals surface area contributed by atoms with Crippen LogP contribution in [0, 0.1) is 0 Å². The molecule has 3 N–H and O–H groups in total. The van der Waals surface area contributed by atoms with E-state index in [4.69, 9.17) is 5.73 Å². The lowest BCUT2D eigenvalue weighted by Gasteiger charge is -1.94. The summed E-state index contributed by atoms with van der Waals surface area (Å²) in [4.78, 5) is 3.82. The number of nitrogens with one attached hydrogen (secondary N) is 1. The molecule has 0 aliphatic rings. The van der Waals surface area contributed by atoms with E-state index in [1.54, 1.807) is 0 Å². The zero-order chi connectivity index (χ0) is 5.98. The predicted octanol–water partition coefficient (Wildman–Crippen LogP) is 0.668. The number of aromatic nitrogens is 3. The van der Waals surface area contributed by atoms with Crippen molar-refractivity contribution >= 4 is 24.8 Å². The van der Waals surface area contributed by atoms with Crippen molar-refractivity contribution in [2.45, 2.75) is 13.0 Å². The van der Waals surface area contributed by atoms with E-state index in [0.29, 0.717) is 0 Å². The number of halogens is 2. The minimum absolute atomic E-state index is 0. The summed E-state index contributed by atoms with van der Waals surface area (Å²) in [7, 11) is 0. The zero-order valence-corrected chi connectivity index (χ0v) is 7.08. The summed E-state index contributed by atoms with van der Waals surface area (Å²) < 4.78 is 0. The Labute approximate surface area is 71.4 Å². The molecule has 60 valence electrons. The molecular weight excluding hydrogens is 175 g/mol. The number of nitrogens with zero attached hydrogens (tertiary/aromatic N) is 2. The number of H-pyrrole nitrogens is 1. The van der Waals surface area contributed by atoms with Crippen molar-refractivity contribution in [2.75, 3.05) is 0 Å². The molecule has 0 fully saturated rings. The molecule has 6 heteroatoms. The molecule has 0 aliphatic heterocycles. The maximum Gasteiger partial charge on any atom is 0.140 e. The van der Waals surface area contributed by atoms with Crippen LogP contribution >= 0.6 is 24.8 Å². The normalized spacial score (nSPS) is 11.0. The molecule has 10 heavy (non-hydrogen) atoms. The second kappa shape index (κ2) is 5.46. The minimum Gasteiger partial charge on any atom is -0.322 e. The smallest absolute Gasteiger partial charge is 0.140 e. The van der Waals surface area contributed by atoms with Crippen molar-refractivity contribution in [1.82, 2.24) is 15.2 Å². The Morgan fingerprint density at radius 3 is 2.40 bits per heavy atom. The lowest BCUT2D eigenvalue weighted by atomic mass is 10.4. The Bertz CT molecular complexity index is 150. The average Bonchev–Trinajstić information content (AvgIpc) is 2.12. The fourth-order valence-corrected chi connectivity index (χ4v) is 0.434. The van der Waals surface area contributed by atoms with Crippen LogP contribution in [0.3, 0.4) is 0 Å². The van der Waals surface area contributed by atoms with Gasteiger partial charge in [-0.3, -0.25) is 5.10 Å². The highest BCUT2D eigenvalue weighted by Gasteiger charge is 1.98. The third kappa shape index (κ3) is 3.00. The second-order valence-corrected chi connectivity index (χ2v) is 1.66. The van der Waals surface area contributed by atoms with E-state index in [1.165, 1.54) is 6.33 Å². The van der Waals surface area contributed by atoms with Crippen molar-refractivity contribution in [3.8, 4) is 0 Å². The van der Waals surface area contributed by atoms with E-state index in [2.05, 4.69) is 15.2 Å². The lowest BCUT2D eigenvalue weighted by molar-refractivity contribution is 0.745. The number of rotatable bonds is 1. The lowest BCUT2D eigenvalue weighted by Crippen LogP contribution is -2.06. The minimum atomic E-state index is -0.0440. The highest BCUT2D eigenvalue weighted by molar-refractivity contribution is 5.85. The van der Waals surface area contributed by atoms with Gasteiger partial charge in [0.05, 0.1) is 6.04 Å². The summed E-state index contributed by atoms with van der Waals surface area (Å²) in [6.07, 6.45) is 1.44. The molecule has 1 heterocycles. The first-order valence-electron chi connectivity index (χ1n) is 2.41. The third-order valence-corrected chi connectivity index (χ3v) is 0.865. The largest absolute Gasteiger partial charge is 0.322 e. The van der Waals surface area contributed by atoms with Gasteiger partial charge in [0, 0.05) is 0 Å². The van der Waals surface area contributed by atoms with Crippen LogP contribution in [0.5, 0.6) is 0 Å². The summed E-state index contributed by atoms with van der Waals surface area (Å²) in [6, 6.07) is -0.0440. The third-order valence-electron chi connectivity index (χ3n) is 0.865. The van der Waals surface area contributed by atoms with Gasteiger partial charge in [0.15, 0.2) is 0 Å². The van der Waals surface area contributed by atoms with Gasteiger partial charge in [-0.05, 0) is 6.92 Å². The van der Waals surface area contributed by atoms with Crippen LogP contribution in [0.1, 0.15) is 18.8 Å². The van der Waals surface area contributed by atoms with Crippen LogP contribution in [0.15, 0.2) is 6.33 Å². The maximum atomic E-state index is 5.42. The molecule has 1 rings (SSSR count). The van der Waals surface area contributed by atoms with Gasteiger partial charge >= 0.3 is 0 Å². The van der Waals surface area contributed by atoms with Crippen molar-refractivity contribution in [2.24, 2.45) is 5.73 Å². The quantitative estimate of drug-likeness (QED) is 0.675. The number of nitrogens with two attached hydrogens (primary N) is 1. The SMILES string of the molecule is CC(N)c1ncn[nH]1.Cl.Cl. The molecule has 0 amide bonds. The van der Waals surface area contributed by atoms with E-state index >= 15 is 0 Å². The first-order valence-corrected chi connectivity index (χ1v) is 2.41. The summed E-state index contributed by atoms with van der Waals surface area (Å²) >= 11 is 0. The van der Waals surface area contributed by atoms with Gasteiger partial charge in [-0.15, -0.1) is 24.8 Å². The molecule has 0 aliphatic carbocycles. The summed E-state index contributed by atoms with van der Waals surface area (Å²) in [6.45, 7) is 1.85. The Morgan fingerprint density at radius 1 is 1.60 bits per heavy atom. The molecule has 1 aromatic heterocycles. The fraction of sp³-hybridized carbons (Fsp3) is 0.500. The van der Waals surface area contributed by atoms with Crippen LogP contribution in [0.2, 0.25) is 0 Å². The van der Waals surface area contributed by atoms with Crippen LogP contribution < -0.4 is 5.73 Å². The molecule has 0 saturated heterocycles. The van der Waals surface area contributed by atoms with Gasteiger partial charge in [-0.2, -0.15) is 5.10 Å². The van der Waals surface area contributed by atoms with Gasteiger partial charge in [-0.1, -0.05) is 0 Å². The van der Waals surface area contributed by atoms with Crippen LogP contribution in [0.4, 0.5) is 0 Å². The Kier molecular flexibility index (Phi) is 6.76. The average molecular weight is 185 g/mol. The van der Waals surface area contributed by atoms with Gasteiger partial charge in [0.1, 0.15) is 12.2 Å². The van der Waals surface area contributed by atoms with E-state index in [1.807, 2.05) is 6.92 Å². The fourth-order valence-electron chi connectivity index (χ4n) is 0.434. The molecular formula is C4H10Cl2N4. The molecule has 0 spiro atoms. The molecule has 0 aromatic carbocycles. The summed E-state index contributed by atoms with van der Waals surface area (Å²) in [5, 5.41) is 6.28. The zero-order valence-electron chi connectivity index (χ0n) is 5.44. The van der Waals surface area contributed by atoms with Crippen molar-refractivity contribution in [3.05, 3.63) is 12.2 Å². The molecule has 4 nitrogen and oxygen atoms in total. The summed E-state index contributed by atoms with van der Waals surface area (Å²) in [5.41, 5.74) is 5.42. The molecule has 0 bridgehead atoms. The van der Waals surface area contributed by atoms with Crippen LogP contribution in [-0.2, 0) is 0 Å². The van der Waals surface area contributed by atoms with Crippen molar-refractivity contribution in [1.29, 1.82) is 0 Å². The van der Waals surface area contributed by atoms with Crippen LogP contribution in [0.25, 0.3) is 0 Å².